The third-order valence-electron chi connectivity index (χ3n) is 1.53. The predicted octanol–water partition coefficient (Wildman–Crippen LogP) is 4.00. The first-order valence-electron chi connectivity index (χ1n) is 3.88. The molecule has 0 aliphatic carbocycles. The highest BCUT2D eigenvalue weighted by Crippen LogP contribution is 2.02. The first-order chi connectivity index (χ1) is 5.33. The Kier molecular flexibility index (Phi) is 9.10. The van der Waals surface area contributed by atoms with Crippen LogP contribution in [0.1, 0.15) is 25.5 Å². The molecule has 0 atom stereocenters. The second-order valence-electron chi connectivity index (χ2n) is 2.34. The molecule has 0 saturated heterocycles. The number of aryl methyl sites for hydroxylation is 2. The van der Waals surface area contributed by atoms with Crippen LogP contribution < -0.4 is 0 Å². The summed E-state index contributed by atoms with van der Waals surface area (Å²) in [6.07, 6.45) is 1.14. The van der Waals surface area contributed by atoms with Crippen molar-refractivity contribution in [3.63, 3.8) is 0 Å². The molecule has 0 bridgehead atoms. The van der Waals surface area contributed by atoms with E-state index in [0.29, 0.717) is 0 Å². The fourth-order valence-electron chi connectivity index (χ4n) is 0.824. The van der Waals surface area contributed by atoms with Gasteiger partial charge in [-0.05, 0) is 18.9 Å². The molecule has 0 aliphatic heterocycles. The van der Waals surface area contributed by atoms with Gasteiger partial charge in [0, 0.05) is 0 Å². The Morgan fingerprint density at radius 2 is 1.50 bits per heavy atom. The summed E-state index contributed by atoms with van der Waals surface area (Å²) in [6.45, 7) is 10.3. The lowest BCUT2D eigenvalue weighted by atomic mass is 10.1. The fourth-order valence-corrected chi connectivity index (χ4v) is 0.824. The summed E-state index contributed by atoms with van der Waals surface area (Å²) >= 11 is 0. The topological polar surface area (TPSA) is 0 Å². The van der Waals surface area contributed by atoms with Crippen molar-refractivity contribution < 1.29 is 0 Å². The molecule has 0 unspecified atom stereocenters. The van der Waals surface area contributed by atoms with Gasteiger partial charge in [0.25, 0.3) is 0 Å². The minimum absolute atomic E-state index is 0. The number of benzene rings is 1. The molecule has 0 heteroatoms. The van der Waals surface area contributed by atoms with Crippen LogP contribution in [0.2, 0.25) is 0 Å². The van der Waals surface area contributed by atoms with Crippen molar-refractivity contribution in [1.82, 2.24) is 0 Å². The van der Waals surface area contributed by atoms with Crippen LogP contribution in [0.5, 0.6) is 0 Å². The smallest absolute Gasteiger partial charge is 0.0307 e. The fraction of sp³-hybridized carbons (Fsp3) is 0.333. The predicted molar refractivity (Wildman–Crippen MR) is 58.5 cm³/mol. The first-order valence-corrected chi connectivity index (χ1v) is 3.88. The van der Waals surface area contributed by atoms with E-state index < -0.39 is 0 Å². The van der Waals surface area contributed by atoms with Crippen molar-refractivity contribution in [2.24, 2.45) is 0 Å². The van der Waals surface area contributed by atoms with Crippen LogP contribution in [0, 0.1) is 6.92 Å². The van der Waals surface area contributed by atoms with Crippen LogP contribution in [-0.2, 0) is 6.42 Å². The molecule has 0 aliphatic rings. The zero-order valence-electron chi connectivity index (χ0n) is 7.43. The summed E-state index contributed by atoms with van der Waals surface area (Å²) in [7, 11) is 0. The van der Waals surface area contributed by atoms with Crippen molar-refractivity contribution in [2.75, 3.05) is 0 Å². The molecule has 1 rings (SSSR count). The molecule has 12 heavy (non-hydrogen) atoms. The molecule has 1 aromatic carbocycles. The van der Waals surface area contributed by atoms with Gasteiger partial charge in [-0.15, -0.1) is 13.2 Å². The monoisotopic (exact) mass is 164 g/mol. The lowest BCUT2D eigenvalue weighted by Gasteiger charge is -1.94. The average Bonchev–Trinajstić information content (AvgIpc) is 2.10. The van der Waals surface area contributed by atoms with Crippen molar-refractivity contribution >= 4 is 0 Å². The van der Waals surface area contributed by atoms with E-state index >= 15 is 0 Å². The minimum Gasteiger partial charge on any atom is -0.106 e. The molecule has 0 saturated carbocycles. The van der Waals surface area contributed by atoms with Crippen LogP contribution in [0.15, 0.2) is 37.4 Å². The largest absolute Gasteiger partial charge is 0.106 e. The lowest BCUT2D eigenvalue weighted by molar-refractivity contribution is 1.14. The zero-order valence-corrected chi connectivity index (χ0v) is 7.43. The summed E-state index contributed by atoms with van der Waals surface area (Å²) in [4.78, 5) is 0. The number of hydrogen-bond donors (Lipinski definition) is 0. The first kappa shape index (κ1) is 13.5. The Morgan fingerprint density at radius 1 is 1.08 bits per heavy atom. The Labute approximate surface area is 76.9 Å². The number of hydrogen-bond acceptors (Lipinski definition) is 0. The maximum atomic E-state index is 3.00. The van der Waals surface area contributed by atoms with E-state index in [2.05, 4.69) is 51.3 Å². The van der Waals surface area contributed by atoms with Gasteiger partial charge in [-0.1, -0.05) is 44.2 Å². The normalized spacial score (nSPS) is 7.50. The summed E-state index contributed by atoms with van der Waals surface area (Å²) in [5.41, 5.74) is 2.76. The van der Waals surface area contributed by atoms with Crippen LogP contribution in [0.25, 0.3) is 0 Å². The van der Waals surface area contributed by atoms with Gasteiger partial charge in [0.15, 0.2) is 0 Å². The van der Waals surface area contributed by atoms with E-state index in [1.165, 1.54) is 11.1 Å². The summed E-state index contributed by atoms with van der Waals surface area (Å²) in [6, 6.07) is 8.66. The van der Waals surface area contributed by atoms with E-state index in [1.807, 2.05) is 0 Å². The van der Waals surface area contributed by atoms with E-state index in [1.54, 1.807) is 0 Å². The SMILES string of the molecule is C.C=C.CCc1ccc(C)cc1. The molecule has 0 fully saturated rings. The summed E-state index contributed by atoms with van der Waals surface area (Å²) < 4.78 is 0. The van der Waals surface area contributed by atoms with Crippen LogP contribution >= 0.6 is 0 Å². The van der Waals surface area contributed by atoms with Crippen LogP contribution in [0.3, 0.4) is 0 Å². The van der Waals surface area contributed by atoms with Gasteiger partial charge in [-0.25, -0.2) is 0 Å². The summed E-state index contributed by atoms with van der Waals surface area (Å²) in [5, 5.41) is 0. The van der Waals surface area contributed by atoms with Gasteiger partial charge in [0.05, 0.1) is 0 Å². The molecule has 0 aromatic heterocycles. The Bertz CT molecular complexity index is 184. The van der Waals surface area contributed by atoms with Gasteiger partial charge in [0.1, 0.15) is 0 Å². The second kappa shape index (κ2) is 8.06. The van der Waals surface area contributed by atoms with Gasteiger partial charge < -0.3 is 0 Å². The third-order valence-corrected chi connectivity index (χ3v) is 1.53. The van der Waals surface area contributed by atoms with E-state index in [4.69, 9.17) is 0 Å². The van der Waals surface area contributed by atoms with Crippen molar-refractivity contribution in [3.8, 4) is 0 Å². The molecule has 0 radical (unpaired) electrons. The number of rotatable bonds is 1. The quantitative estimate of drug-likeness (QED) is 0.550. The summed E-state index contributed by atoms with van der Waals surface area (Å²) in [5.74, 6) is 0. The minimum atomic E-state index is 0. The maximum absolute atomic E-state index is 3.00. The highest BCUT2D eigenvalue weighted by atomic mass is 13.9. The molecule has 1 aromatic rings. The second-order valence-corrected chi connectivity index (χ2v) is 2.34. The highest BCUT2D eigenvalue weighted by Gasteiger charge is 1.84. The molecular formula is C12H20. The average molecular weight is 164 g/mol. The van der Waals surface area contributed by atoms with E-state index in [0.717, 1.165) is 6.42 Å². The van der Waals surface area contributed by atoms with Gasteiger partial charge >= 0.3 is 0 Å². The van der Waals surface area contributed by atoms with Crippen LogP contribution in [0.4, 0.5) is 0 Å². The van der Waals surface area contributed by atoms with Gasteiger partial charge in [-0.2, -0.15) is 0 Å². The molecule has 0 N–H and O–H groups in total. The van der Waals surface area contributed by atoms with Gasteiger partial charge in [0.2, 0.25) is 0 Å². The van der Waals surface area contributed by atoms with Crippen molar-refractivity contribution in [3.05, 3.63) is 48.6 Å². The molecular weight excluding hydrogens is 144 g/mol. The highest BCUT2D eigenvalue weighted by molar-refractivity contribution is 5.20. The third kappa shape index (κ3) is 4.73. The standard InChI is InChI=1S/C9H12.C2H4.CH4/c1-3-9-6-4-8(2)5-7-9;1-2;/h4-7H,3H2,1-2H3;1-2H2;1H4. The van der Waals surface area contributed by atoms with Crippen molar-refractivity contribution in [2.45, 2.75) is 27.7 Å². The molecule has 0 heterocycles. The van der Waals surface area contributed by atoms with Crippen molar-refractivity contribution in [1.29, 1.82) is 0 Å². The molecule has 68 valence electrons. The Balaban J connectivity index is 0. The maximum Gasteiger partial charge on any atom is -0.0307 e. The Morgan fingerprint density at radius 3 is 1.83 bits per heavy atom. The van der Waals surface area contributed by atoms with Crippen LogP contribution in [-0.4, -0.2) is 0 Å². The van der Waals surface area contributed by atoms with E-state index in [-0.39, 0.29) is 7.43 Å². The zero-order chi connectivity index (χ0) is 8.69. The molecule has 0 nitrogen and oxygen atoms in total. The van der Waals surface area contributed by atoms with E-state index in [9.17, 15) is 0 Å². The lowest BCUT2D eigenvalue weighted by Crippen LogP contribution is -1.77. The van der Waals surface area contributed by atoms with Gasteiger partial charge in [-0.3, -0.25) is 0 Å². The Hall–Kier alpha value is -1.04. The molecule has 0 amide bonds. The molecule has 0 spiro atoms.